The van der Waals surface area contributed by atoms with E-state index < -0.39 is 17.7 Å². The van der Waals surface area contributed by atoms with Gasteiger partial charge in [-0.3, -0.25) is 14.4 Å². The number of imidazole rings is 1. The number of aromatic nitrogens is 3. The number of aromatic amines is 2. The van der Waals surface area contributed by atoms with Crippen LogP contribution in [-0.2, 0) is 20.7 Å². The lowest BCUT2D eigenvalue weighted by molar-refractivity contribution is -0.130. The van der Waals surface area contributed by atoms with Crippen molar-refractivity contribution in [1.29, 1.82) is 0 Å². The first-order chi connectivity index (χ1) is 24.6. The van der Waals surface area contributed by atoms with Crippen LogP contribution in [0.15, 0.2) is 59.4 Å². The second kappa shape index (κ2) is 16.3. The maximum atomic E-state index is 13.8. The summed E-state index contributed by atoms with van der Waals surface area (Å²) in [4.78, 5) is 73.6. The van der Waals surface area contributed by atoms with Gasteiger partial charge in [-0.25, -0.2) is 14.6 Å². The van der Waals surface area contributed by atoms with Crippen LogP contribution in [0.25, 0.3) is 22.2 Å². The third kappa shape index (κ3) is 10.3. The second-order valence-corrected chi connectivity index (χ2v) is 14.8. The summed E-state index contributed by atoms with van der Waals surface area (Å²) >= 11 is 0. The van der Waals surface area contributed by atoms with Crippen LogP contribution >= 0.6 is 0 Å². The second-order valence-electron chi connectivity index (χ2n) is 14.8. The maximum absolute atomic E-state index is 13.8. The lowest BCUT2D eigenvalue weighted by atomic mass is 9.81. The number of amides is 4. The third-order valence-corrected chi connectivity index (χ3v) is 9.01. The van der Waals surface area contributed by atoms with E-state index in [4.69, 9.17) is 4.74 Å². The molecular weight excluding hydrogens is 662 g/mol. The molecule has 1 fully saturated rings. The van der Waals surface area contributed by atoms with E-state index in [1.54, 1.807) is 24.3 Å². The number of nitrogens with one attached hydrogen (secondary N) is 6. The summed E-state index contributed by atoms with van der Waals surface area (Å²) in [5.74, 6) is -0.839. The number of hydrogen-bond donors (Lipinski definition) is 6. The molecular formula is C39H49N7O6. The van der Waals surface area contributed by atoms with E-state index in [0.717, 1.165) is 29.5 Å². The number of H-pyrrole nitrogens is 2. The zero-order valence-electron chi connectivity index (χ0n) is 30.6. The number of carbonyl (C=O) groups is 4. The topological polar surface area (TPSA) is 187 Å². The lowest BCUT2D eigenvalue weighted by Crippen LogP contribution is -2.48. The Morgan fingerprint density at radius 1 is 0.904 bits per heavy atom. The van der Waals surface area contributed by atoms with E-state index in [0.29, 0.717) is 47.5 Å². The molecule has 6 N–H and O–H groups in total. The predicted molar refractivity (Wildman–Crippen MR) is 200 cm³/mol. The van der Waals surface area contributed by atoms with Crippen molar-refractivity contribution in [2.45, 2.75) is 91.3 Å². The molecule has 5 rings (SSSR count). The first kappa shape index (κ1) is 37.8. The molecule has 13 nitrogen and oxygen atoms in total. The van der Waals surface area contributed by atoms with Gasteiger partial charge < -0.3 is 36.0 Å². The van der Waals surface area contributed by atoms with E-state index in [-0.39, 0.29) is 47.7 Å². The highest BCUT2D eigenvalue weighted by Crippen LogP contribution is 2.29. The Hall–Kier alpha value is -5.46. The van der Waals surface area contributed by atoms with Crippen molar-refractivity contribution in [1.82, 2.24) is 30.9 Å². The van der Waals surface area contributed by atoms with Crippen LogP contribution < -0.4 is 27.0 Å². The van der Waals surface area contributed by atoms with Gasteiger partial charge in [0.2, 0.25) is 11.8 Å². The Kier molecular flexibility index (Phi) is 11.8. The summed E-state index contributed by atoms with van der Waals surface area (Å²) in [6.07, 6.45) is 2.59. The number of anilines is 1. The Labute approximate surface area is 303 Å². The molecule has 1 saturated carbocycles. The molecule has 0 aliphatic heterocycles. The number of alkyl carbamates (subject to hydrolysis) is 1. The minimum Gasteiger partial charge on any atom is -0.444 e. The molecule has 4 aromatic rings. The number of hydrogen-bond acceptors (Lipinski definition) is 7. The summed E-state index contributed by atoms with van der Waals surface area (Å²) < 4.78 is 5.34. The van der Waals surface area contributed by atoms with Gasteiger partial charge in [0.15, 0.2) is 0 Å². The van der Waals surface area contributed by atoms with Gasteiger partial charge in [-0.15, -0.1) is 0 Å². The monoisotopic (exact) mass is 711 g/mol. The van der Waals surface area contributed by atoms with Crippen LogP contribution in [0, 0.1) is 18.8 Å². The molecule has 1 atom stereocenters. The Bertz CT molecular complexity index is 1970. The van der Waals surface area contributed by atoms with E-state index in [9.17, 15) is 24.0 Å². The van der Waals surface area contributed by atoms with Crippen molar-refractivity contribution in [2.75, 3.05) is 11.9 Å². The summed E-state index contributed by atoms with van der Waals surface area (Å²) in [7, 11) is 0. The Morgan fingerprint density at radius 3 is 2.25 bits per heavy atom. The van der Waals surface area contributed by atoms with Crippen LogP contribution in [0.3, 0.4) is 0 Å². The maximum Gasteiger partial charge on any atom is 0.407 e. The van der Waals surface area contributed by atoms with E-state index in [2.05, 4.69) is 36.2 Å². The SMILES string of the molecule is Cc1nc(C(=O)NC(C)C)ccc1-c1ccc(CC(NC(=O)C2CCC(CNC(=O)OC(C)(C)C)CC2)C(=O)Nc2ccc3[nH]c(=O)[nH]c3c2)cc1. The fraction of sp³-hybridized carbons (Fsp3) is 0.436. The van der Waals surface area contributed by atoms with Gasteiger partial charge in [0.25, 0.3) is 5.91 Å². The Morgan fingerprint density at radius 2 is 1.60 bits per heavy atom. The highest BCUT2D eigenvalue weighted by Gasteiger charge is 2.30. The molecule has 2 aromatic carbocycles. The van der Waals surface area contributed by atoms with Crippen LogP contribution in [-0.4, -0.2) is 63.0 Å². The molecule has 0 saturated heterocycles. The molecule has 276 valence electrons. The number of benzene rings is 2. The van der Waals surface area contributed by atoms with Crippen LogP contribution in [0.1, 0.15) is 82.0 Å². The van der Waals surface area contributed by atoms with E-state index >= 15 is 0 Å². The quantitative estimate of drug-likeness (QED) is 0.121. The van der Waals surface area contributed by atoms with Gasteiger partial charge in [-0.1, -0.05) is 30.3 Å². The van der Waals surface area contributed by atoms with Crippen LogP contribution in [0.4, 0.5) is 10.5 Å². The van der Waals surface area contributed by atoms with Crippen LogP contribution in [0.5, 0.6) is 0 Å². The summed E-state index contributed by atoms with van der Waals surface area (Å²) in [5, 5.41) is 11.6. The first-order valence-electron chi connectivity index (χ1n) is 17.8. The molecule has 0 spiro atoms. The third-order valence-electron chi connectivity index (χ3n) is 9.01. The number of pyridine rings is 1. The van der Waals surface area contributed by atoms with Gasteiger partial charge in [0.05, 0.1) is 11.0 Å². The van der Waals surface area contributed by atoms with Gasteiger partial charge in [0, 0.05) is 41.9 Å². The summed E-state index contributed by atoms with van der Waals surface area (Å²) in [6.45, 7) is 11.6. The standard InChI is InChI=1S/C39H49N7O6/c1-22(2)41-35(48)31-18-16-29(23(3)42-31)26-11-7-24(8-12-26)19-33(36(49)43-28-15-17-30-32(20-28)46-37(50)45-30)44-34(47)27-13-9-25(10-14-27)21-40-38(51)52-39(4,5)6/h7-8,11-12,15-18,20,22,25,27,33H,9-10,13-14,19,21H2,1-6H3,(H,40,51)(H,41,48)(H,43,49)(H,44,47)(H2,45,46,50). The number of nitrogens with zero attached hydrogens (tertiary/aromatic N) is 1. The number of ether oxygens (including phenoxy) is 1. The molecule has 0 bridgehead atoms. The first-order valence-corrected chi connectivity index (χ1v) is 17.8. The summed E-state index contributed by atoms with van der Waals surface area (Å²) in [5.41, 5.74) is 4.41. The zero-order chi connectivity index (χ0) is 37.6. The normalized spacial score (nSPS) is 16.6. The summed E-state index contributed by atoms with van der Waals surface area (Å²) in [6, 6.07) is 15.5. The molecule has 1 aliphatic rings. The molecule has 2 aromatic heterocycles. The molecule has 52 heavy (non-hydrogen) atoms. The van der Waals surface area contributed by atoms with E-state index in [1.165, 1.54) is 0 Å². The highest BCUT2D eigenvalue weighted by molar-refractivity contribution is 5.99. The minimum atomic E-state index is -0.881. The van der Waals surface area contributed by atoms with Crippen molar-refractivity contribution in [2.24, 2.45) is 11.8 Å². The average molecular weight is 712 g/mol. The smallest absolute Gasteiger partial charge is 0.407 e. The van der Waals surface area contributed by atoms with Crippen molar-refractivity contribution in [3.63, 3.8) is 0 Å². The van der Waals surface area contributed by atoms with E-state index in [1.807, 2.05) is 71.9 Å². The number of fused-ring (bicyclic) bond motifs is 1. The largest absolute Gasteiger partial charge is 0.444 e. The van der Waals surface area contributed by atoms with Crippen molar-refractivity contribution >= 4 is 40.5 Å². The van der Waals surface area contributed by atoms with Gasteiger partial charge in [-0.05, 0) is 109 Å². The van der Waals surface area contributed by atoms with Gasteiger partial charge in [-0.2, -0.15) is 0 Å². The number of aryl methyl sites for hydroxylation is 1. The molecule has 0 radical (unpaired) electrons. The van der Waals surface area contributed by atoms with Gasteiger partial charge >= 0.3 is 11.8 Å². The fourth-order valence-electron chi connectivity index (χ4n) is 6.39. The zero-order valence-corrected chi connectivity index (χ0v) is 30.6. The highest BCUT2D eigenvalue weighted by atomic mass is 16.6. The molecule has 1 unspecified atom stereocenters. The van der Waals surface area contributed by atoms with Crippen LogP contribution in [0.2, 0.25) is 0 Å². The average Bonchev–Trinajstić information content (AvgIpc) is 3.45. The van der Waals surface area contributed by atoms with Gasteiger partial charge in [0.1, 0.15) is 17.3 Å². The minimum absolute atomic E-state index is 0.000669. The van der Waals surface area contributed by atoms with Crippen molar-refractivity contribution < 1.29 is 23.9 Å². The lowest BCUT2D eigenvalue weighted by Gasteiger charge is -2.29. The number of rotatable bonds is 11. The van der Waals surface area contributed by atoms with Crippen molar-refractivity contribution in [3.05, 3.63) is 82.0 Å². The number of carbonyl (C=O) groups excluding carboxylic acids is 4. The molecule has 1 aliphatic carbocycles. The van der Waals surface area contributed by atoms with Crippen molar-refractivity contribution in [3.8, 4) is 11.1 Å². The molecule has 2 heterocycles. The molecule has 13 heteroatoms. The predicted octanol–water partition coefficient (Wildman–Crippen LogP) is 5.36. The Balaban J connectivity index is 1.26. The molecule has 4 amide bonds. The fourth-order valence-corrected chi connectivity index (χ4v) is 6.39.